The van der Waals surface area contributed by atoms with Crippen molar-refractivity contribution in [1.29, 1.82) is 0 Å². The number of rotatable bonds is 3. The standard InChI is InChI=1S/C12H10BrNO3S/c13-8-3-4-18-11(8)6-14-12(17)7-1-2-9(15)10(16)5-7/h1-5,15-16H,6H2,(H,14,17). The van der Waals surface area contributed by atoms with Gasteiger partial charge in [0.1, 0.15) is 0 Å². The number of carbonyl (C=O) groups excluding carboxylic acids is 1. The number of hydrogen-bond acceptors (Lipinski definition) is 4. The minimum Gasteiger partial charge on any atom is -0.504 e. The van der Waals surface area contributed by atoms with E-state index < -0.39 is 0 Å². The Kier molecular flexibility index (Phi) is 3.88. The smallest absolute Gasteiger partial charge is 0.251 e. The number of amides is 1. The minimum absolute atomic E-state index is 0.243. The Morgan fingerprint density at radius 1 is 1.28 bits per heavy atom. The SMILES string of the molecule is O=C(NCc1sccc1Br)c1ccc(O)c(O)c1. The molecule has 2 aromatic rings. The minimum atomic E-state index is -0.306. The Morgan fingerprint density at radius 2 is 2.06 bits per heavy atom. The Balaban J connectivity index is 2.04. The third-order valence-electron chi connectivity index (χ3n) is 2.34. The van der Waals surface area contributed by atoms with Gasteiger partial charge in [0, 0.05) is 14.9 Å². The van der Waals surface area contributed by atoms with E-state index in [4.69, 9.17) is 5.11 Å². The number of phenolic OH excluding ortho intramolecular Hbond substituents is 2. The maximum atomic E-state index is 11.8. The van der Waals surface area contributed by atoms with Crippen molar-refractivity contribution in [3.63, 3.8) is 0 Å². The van der Waals surface area contributed by atoms with Crippen molar-refractivity contribution < 1.29 is 15.0 Å². The molecule has 0 radical (unpaired) electrons. The molecule has 2 rings (SSSR count). The second-order valence-corrected chi connectivity index (χ2v) is 5.43. The Labute approximate surface area is 116 Å². The zero-order valence-corrected chi connectivity index (χ0v) is 11.6. The summed E-state index contributed by atoms with van der Waals surface area (Å²) in [5, 5.41) is 23.1. The molecule has 1 aromatic heterocycles. The Hall–Kier alpha value is -1.53. The lowest BCUT2D eigenvalue weighted by atomic mass is 10.2. The summed E-state index contributed by atoms with van der Waals surface area (Å²) in [5.74, 6) is -0.849. The van der Waals surface area contributed by atoms with Gasteiger partial charge in [-0.2, -0.15) is 0 Å². The van der Waals surface area contributed by atoms with Crippen LogP contribution in [0.15, 0.2) is 34.1 Å². The van der Waals surface area contributed by atoms with Crippen LogP contribution in [-0.2, 0) is 6.54 Å². The van der Waals surface area contributed by atoms with E-state index in [-0.39, 0.29) is 17.4 Å². The predicted octanol–water partition coefficient (Wildman–Crippen LogP) is 2.85. The van der Waals surface area contributed by atoms with E-state index in [0.717, 1.165) is 9.35 Å². The summed E-state index contributed by atoms with van der Waals surface area (Å²) in [6, 6.07) is 5.88. The van der Waals surface area contributed by atoms with Crippen molar-refractivity contribution in [3.05, 3.63) is 44.6 Å². The van der Waals surface area contributed by atoms with Gasteiger partial charge in [0.2, 0.25) is 0 Å². The molecule has 1 aromatic carbocycles. The molecule has 0 aliphatic rings. The van der Waals surface area contributed by atoms with Crippen LogP contribution in [0.1, 0.15) is 15.2 Å². The van der Waals surface area contributed by atoms with Gasteiger partial charge >= 0.3 is 0 Å². The molecule has 18 heavy (non-hydrogen) atoms. The lowest BCUT2D eigenvalue weighted by Crippen LogP contribution is -2.22. The zero-order chi connectivity index (χ0) is 13.1. The van der Waals surface area contributed by atoms with Crippen molar-refractivity contribution in [2.45, 2.75) is 6.54 Å². The predicted molar refractivity (Wildman–Crippen MR) is 73.0 cm³/mol. The average molecular weight is 328 g/mol. The normalized spacial score (nSPS) is 10.3. The van der Waals surface area contributed by atoms with Crippen LogP contribution in [0.5, 0.6) is 11.5 Å². The van der Waals surface area contributed by atoms with Crippen LogP contribution in [0.4, 0.5) is 0 Å². The van der Waals surface area contributed by atoms with Gasteiger partial charge < -0.3 is 15.5 Å². The average Bonchev–Trinajstić information content (AvgIpc) is 2.75. The molecule has 0 unspecified atom stereocenters. The fourth-order valence-electron chi connectivity index (χ4n) is 1.38. The van der Waals surface area contributed by atoms with Crippen LogP contribution in [-0.4, -0.2) is 16.1 Å². The molecule has 6 heteroatoms. The van der Waals surface area contributed by atoms with Gasteiger partial charge in [-0.3, -0.25) is 4.79 Å². The van der Waals surface area contributed by atoms with Crippen LogP contribution < -0.4 is 5.32 Å². The molecule has 0 saturated carbocycles. The lowest BCUT2D eigenvalue weighted by Gasteiger charge is -2.05. The van der Waals surface area contributed by atoms with Crippen LogP contribution in [0.3, 0.4) is 0 Å². The van der Waals surface area contributed by atoms with Crippen molar-refractivity contribution >= 4 is 33.2 Å². The molecule has 1 heterocycles. The van der Waals surface area contributed by atoms with Crippen molar-refractivity contribution in [2.75, 3.05) is 0 Å². The molecule has 0 bridgehead atoms. The summed E-state index contributed by atoms with van der Waals surface area (Å²) >= 11 is 4.92. The van der Waals surface area contributed by atoms with E-state index in [1.54, 1.807) is 11.3 Å². The highest BCUT2D eigenvalue weighted by Gasteiger charge is 2.09. The van der Waals surface area contributed by atoms with Gasteiger partial charge in [0.05, 0.1) is 6.54 Å². The number of benzene rings is 1. The maximum absolute atomic E-state index is 11.8. The molecule has 0 saturated heterocycles. The summed E-state index contributed by atoms with van der Waals surface area (Å²) < 4.78 is 0.960. The highest BCUT2D eigenvalue weighted by molar-refractivity contribution is 9.10. The molecular weight excluding hydrogens is 318 g/mol. The topological polar surface area (TPSA) is 69.6 Å². The fourth-order valence-corrected chi connectivity index (χ4v) is 2.81. The van der Waals surface area contributed by atoms with Crippen LogP contribution in [0.2, 0.25) is 0 Å². The van der Waals surface area contributed by atoms with Gasteiger partial charge in [-0.25, -0.2) is 0 Å². The fraction of sp³-hybridized carbons (Fsp3) is 0.0833. The van der Waals surface area contributed by atoms with Gasteiger partial charge in [-0.1, -0.05) is 0 Å². The highest BCUT2D eigenvalue weighted by Crippen LogP contribution is 2.25. The van der Waals surface area contributed by atoms with Crippen molar-refractivity contribution in [2.24, 2.45) is 0 Å². The van der Waals surface area contributed by atoms with Gasteiger partial charge in [-0.15, -0.1) is 11.3 Å². The molecule has 4 nitrogen and oxygen atoms in total. The number of halogens is 1. The molecule has 0 spiro atoms. The Morgan fingerprint density at radius 3 is 2.67 bits per heavy atom. The number of hydrogen-bond donors (Lipinski definition) is 3. The van der Waals surface area contributed by atoms with Gasteiger partial charge in [0.15, 0.2) is 11.5 Å². The van der Waals surface area contributed by atoms with Crippen LogP contribution in [0, 0.1) is 0 Å². The van der Waals surface area contributed by atoms with E-state index in [1.165, 1.54) is 18.2 Å². The first kappa shape index (κ1) is 12.9. The molecule has 1 amide bonds. The molecule has 0 aliphatic carbocycles. The van der Waals surface area contributed by atoms with Gasteiger partial charge in [0.25, 0.3) is 5.91 Å². The Bertz CT molecular complexity index is 582. The maximum Gasteiger partial charge on any atom is 0.251 e. The molecule has 0 fully saturated rings. The van der Waals surface area contributed by atoms with E-state index in [0.29, 0.717) is 12.1 Å². The van der Waals surface area contributed by atoms with E-state index in [9.17, 15) is 9.90 Å². The number of nitrogens with one attached hydrogen (secondary N) is 1. The van der Waals surface area contributed by atoms with E-state index in [2.05, 4.69) is 21.2 Å². The summed E-state index contributed by atoms with van der Waals surface area (Å²) in [6.45, 7) is 0.415. The van der Waals surface area contributed by atoms with Crippen molar-refractivity contribution in [3.8, 4) is 11.5 Å². The zero-order valence-electron chi connectivity index (χ0n) is 9.18. The first-order valence-corrected chi connectivity index (χ1v) is 6.77. The first-order valence-electron chi connectivity index (χ1n) is 5.10. The van der Waals surface area contributed by atoms with Crippen LogP contribution >= 0.6 is 27.3 Å². The molecular formula is C12H10BrNO3S. The summed E-state index contributed by atoms with van der Waals surface area (Å²) in [5.41, 5.74) is 0.304. The number of thiophene rings is 1. The number of phenols is 2. The van der Waals surface area contributed by atoms with E-state index >= 15 is 0 Å². The van der Waals surface area contributed by atoms with Crippen LogP contribution in [0.25, 0.3) is 0 Å². The number of carbonyl (C=O) groups is 1. The molecule has 94 valence electrons. The second-order valence-electron chi connectivity index (χ2n) is 3.58. The van der Waals surface area contributed by atoms with Gasteiger partial charge in [-0.05, 0) is 45.6 Å². The quantitative estimate of drug-likeness (QED) is 0.759. The second kappa shape index (κ2) is 5.41. The highest BCUT2D eigenvalue weighted by atomic mass is 79.9. The molecule has 0 atom stereocenters. The third-order valence-corrected chi connectivity index (χ3v) is 4.26. The third kappa shape index (κ3) is 2.83. The van der Waals surface area contributed by atoms with Crippen molar-refractivity contribution in [1.82, 2.24) is 5.32 Å². The summed E-state index contributed by atoms with van der Waals surface area (Å²) in [4.78, 5) is 12.8. The molecule has 0 aliphatic heterocycles. The lowest BCUT2D eigenvalue weighted by molar-refractivity contribution is 0.0951. The summed E-state index contributed by atoms with van der Waals surface area (Å²) in [7, 11) is 0. The number of aromatic hydroxyl groups is 2. The van der Waals surface area contributed by atoms with E-state index in [1.807, 2.05) is 11.4 Å². The molecule has 3 N–H and O–H groups in total. The largest absolute Gasteiger partial charge is 0.504 e. The monoisotopic (exact) mass is 327 g/mol. The summed E-state index contributed by atoms with van der Waals surface area (Å²) in [6.07, 6.45) is 0. The first-order chi connectivity index (χ1) is 8.58.